The van der Waals surface area contributed by atoms with Crippen LogP contribution < -0.4 is 19.1 Å². The van der Waals surface area contributed by atoms with E-state index < -0.39 is 34.3 Å². The van der Waals surface area contributed by atoms with Gasteiger partial charge in [0.1, 0.15) is 18.4 Å². The molecule has 1 aliphatic rings. The van der Waals surface area contributed by atoms with E-state index >= 15 is 0 Å². The summed E-state index contributed by atoms with van der Waals surface area (Å²) in [6.45, 7) is 0.892. The zero-order valence-corrected chi connectivity index (χ0v) is 25.8. The second-order valence-corrected chi connectivity index (χ2v) is 12.6. The van der Waals surface area contributed by atoms with Crippen LogP contribution in [0.4, 0.5) is 10.1 Å². The van der Waals surface area contributed by atoms with E-state index in [9.17, 15) is 22.4 Å². The number of carbonyl (C=O) groups excluding carboxylic acids is 2. The molecule has 3 aromatic carbocycles. The summed E-state index contributed by atoms with van der Waals surface area (Å²) in [4.78, 5) is 28.5. The summed E-state index contributed by atoms with van der Waals surface area (Å²) in [5, 5.41) is 3.42. The van der Waals surface area contributed by atoms with Crippen molar-refractivity contribution in [2.75, 3.05) is 25.1 Å². The van der Waals surface area contributed by atoms with Crippen LogP contribution in [-0.2, 0) is 26.2 Å². The number of ether oxygens (including phenoxy) is 2. The Kier molecular flexibility index (Phi) is 10.5. The van der Waals surface area contributed by atoms with E-state index in [1.54, 1.807) is 31.2 Å². The molecule has 1 saturated carbocycles. The number of hydrogen-bond acceptors (Lipinski definition) is 6. The molecule has 9 nitrogen and oxygen atoms in total. The predicted octanol–water partition coefficient (Wildman–Crippen LogP) is 5.17. The van der Waals surface area contributed by atoms with Crippen molar-refractivity contribution in [2.45, 2.75) is 56.1 Å². The standard InChI is InChI=1S/C31H35ClFN3O6S/c1-21(31(38)34-24-9-5-6-10-24)35(19-22-8-4-7-11-27(22)32)30(37)20-36(25-14-12-23(33)13-15-25)43(39,40)26-16-17-28(41-2)29(18-26)42-3/h4,7-8,11-18,21,24H,5-6,9-10,19-20H2,1-3H3,(H,34,38)/t21-/m1/s1. The first-order valence-corrected chi connectivity index (χ1v) is 15.7. The van der Waals surface area contributed by atoms with E-state index in [2.05, 4.69) is 5.32 Å². The highest BCUT2D eigenvalue weighted by molar-refractivity contribution is 7.92. The maximum Gasteiger partial charge on any atom is 0.264 e. The van der Waals surface area contributed by atoms with Gasteiger partial charge in [-0.3, -0.25) is 13.9 Å². The molecule has 0 bridgehead atoms. The highest BCUT2D eigenvalue weighted by Crippen LogP contribution is 2.32. The molecule has 1 aliphatic carbocycles. The highest BCUT2D eigenvalue weighted by Gasteiger charge is 2.34. The second-order valence-electron chi connectivity index (χ2n) is 10.3. The maximum atomic E-state index is 14.1. The second kappa shape index (κ2) is 14.1. The van der Waals surface area contributed by atoms with Crippen LogP contribution in [0.5, 0.6) is 11.5 Å². The Bertz CT molecular complexity index is 1550. The third kappa shape index (κ3) is 7.58. The minimum Gasteiger partial charge on any atom is -0.493 e. The summed E-state index contributed by atoms with van der Waals surface area (Å²) < 4.78 is 53.4. The molecule has 0 aromatic heterocycles. The average Bonchev–Trinajstić information content (AvgIpc) is 3.52. The fourth-order valence-corrected chi connectivity index (χ4v) is 6.65. The smallest absolute Gasteiger partial charge is 0.264 e. The van der Waals surface area contributed by atoms with Gasteiger partial charge in [0.15, 0.2) is 11.5 Å². The monoisotopic (exact) mass is 631 g/mol. The van der Waals surface area contributed by atoms with Crippen molar-refractivity contribution >= 4 is 39.1 Å². The van der Waals surface area contributed by atoms with Crippen molar-refractivity contribution in [3.05, 3.63) is 83.1 Å². The third-order valence-electron chi connectivity index (χ3n) is 7.50. The Balaban J connectivity index is 1.72. The van der Waals surface area contributed by atoms with Crippen molar-refractivity contribution in [2.24, 2.45) is 0 Å². The van der Waals surface area contributed by atoms with E-state index in [4.69, 9.17) is 21.1 Å². The topological polar surface area (TPSA) is 105 Å². The fourth-order valence-electron chi connectivity index (χ4n) is 5.03. The minimum atomic E-state index is -4.40. The normalized spacial score (nSPS) is 14.2. The first-order valence-electron chi connectivity index (χ1n) is 13.9. The van der Waals surface area contributed by atoms with Gasteiger partial charge in [-0.15, -0.1) is 0 Å². The van der Waals surface area contributed by atoms with Gasteiger partial charge in [0.05, 0.1) is 24.8 Å². The lowest BCUT2D eigenvalue weighted by molar-refractivity contribution is -0.139. The molecule has 0 saturated heterocycles. The van der Waals surface area contributed by atoms with Crippen LogP contribution in [-0.4, -0.2) is 58.0 Å². The summed E-state index contributed by atoms with van der Waals surface area (Å²) in [5.74, 6) is -1.08. The van der Waals surface area contributed by atoms with Crippen LogP contribution in [0.2, 0.25) is 5.02 Å². The van der Waals surface area contributed by atoms with E-state index in [0.717, 1.165) is 42.1 Å². The molecule has 4 rings (SSSR count). The summed E-state index contributed by atoms with van der Waals surface area (Å²) in [7, 11) is -1.60. The Morgan fingerprint density at radius 3 is 2.28 bits per heavy atom. The molecular formula is C31H35ClFN3O6S. The van der Waals surface area contributed by atoms with E-state index in [1.807, 2.05) is 0 Å². The van der Waals surface area contributed by atoms with Crippen molar-refractivity contribution in [3.8, 4) is 11.5 Å². The van der Waals surface area contributed by atoms with Gasteiger partial charge in [-0.1, -0.05) is 42.6 Å². The quantitative estimate of drug-likeness (QED) is 0.296. The Morgan fingerprint density at radius 2 is 1.65 bits per heavy atom. The SMILES string of the molecule is COc1ccc(S(=O)(=O)N(CC(=O)N(Cc2ccccc2Cl)[C@H](C)C(=O)NC2CCCC2)c2ccc(F)cc2)cc1OC. The Morgan fingerprint density at radius 1 is 1.00 bits per heavy atom. The number of methoxy groups -OCH3 is 2. The number of hydrogen-bond donors (Lipinski definition) is 1. The lowest BCUT2D eigenvalue weighted by atomic mass is 10.1. The first kappa shape index (κ1) is 32.1. The first-order chi connectivity index (χ1) is 20.5. The summed E-state index contributed by atoms with van der Waals surface area (Å²) >= 11 is 6.41. The lowest BCUT2D eigenvalue weighted by Crippen LogP contribution is -2.52. The number of sulfonamides is 1. The highest BCUT2D eigenvalue weighted by atomic mass is 35.5. The molecule has 230 valence electrons. The molecule has 3 aromatic rings. The molecule has 0 spiro atoms. The minimum absolute atomic E-state index is 0.0216. The van der Waals surface area contributed by atoms with Crippen LogP contribution >= 0.6 is 11.6 Å². The van der Waals surface area contributed by atoms with Crippen molar-refractivity contribution < 1.29 is 31.9 Å². The van der Waals surface area contributed by atoms with Gasteiger partial charge in [0.25, 0.3) is 10.0 Å². The average molecular weight is 632 g/mol. The third-order valence-corrected chi connectivity index (χ3v) is 9.64. The van der Waals surface area contributed by atoms with Gasteiger partial charge in [0, 0.05) is 23.7 Å². The van der Waals surface area contributed by atoms with Gasteiger partial charge >= 0.3 is 0 Å². The predicted molar refractivity (Wildman–Crippen MR) is 162 cm³/mol. The molecule has 1 N–H and O–H groups in total. The fraction of sp³-hybridized carbons (Fsp3) is 0.355. The Hall–Kier alpha value is -3.83. The van der Waals surface area contributed by atoms with Crippen molar-refractivity contribution in [1.82, 2.24) is 10.2 Å². The number of anilines is 1. The van der Waals surface area contributed by atoms with Gasteiger partial charge in [-0.05, 0) is 67.8 Å². The summed E-state index contributed by atoms with van der Waals surface area (Å²) in [6, 6.07) is 14.8. The van der Waals surface area contributed by atoms with Gasteiger partial charge < -0.3 is 19.7 Å². The van der Waals surface area contributed by atoms with Crippen molar-refractivity contribution in [1.29, 1.82) is 0 Å². The molecule has 1 atom stereocenters. The van der Waals surface area contributed by atoms with Crippen LogP contribution in [0.3, 0.4) is 0 Å². The summed E-state index contributed by atoms with van der Waals surface area (Å²) in [5.41, 5.74) is 0.652. The van der Waals surface area contributed by atoms with E-state index in [0.29, 0.717) is 16.3 Å². The van der Waals surface area contributed by atoms with E-state index in [-0.39, 0.29) is 34.8 Å². The van der Waals surface area contributed by atoms with Crippen LogP contribution in [0.15, 0.2) is 71.6 Å². The van der Waals surface area contributed by atoms with Crippen LogP contribution in [0, 0.1) is 5.82 Å². The number of nitrogens with one attached hydrogen (secondary N) is 1. The van der Waals surface area contributed by atoms with Gasteiger partial charge in [-0.25, -0.2) is 12.8 Å². The number of halogens is 2. The van der Waals surface area contributed by atoms with Gasteiger partial charge in [0.2, 0.25) is 11.8 Å². The van der Waals surface area contributed by atoms with Crippen LogP contribution in [0.1, 0.15) is 38.2 Å². The molecule has 43 heavy (non-hydrogen) atoms. The molecule has 0 aliphatic heterocycles. The number of benzene rings is 3. The summed E-state index contributed by atoms with van der Waals surface area (Å²) in [6.07, 6.45) is 3.75. The lowest BCUT2D eigenvalue weighted by Gasteiger charge is -2.32. The largest absolute Gasteiger partial charge is 0.493 e. The molecule has 1 fully saturated rings. The van der Waals surface area contributed by atoms with Gasteiger partial charge in [-0.2, -0.15) is 0 Å². The molecule has 2 amide bonds. The Labute approximate surface area is 256 Å². The number of nitrogens with zero attached hydrogens (tertiary/aromatic N) is 2. The number of rotatable bonds is 12. The van der Waals surface area contributed by atoms with E-state index in [1.165, 1.54) is 49.5 Å². The zero-order valence-electron chi connectivity index (χ0n) is 24.3. The molecule has 0 radical (unpaired) electrons. The number of amides is 2. The molecular weight excluding hydrogens is 597 g/mol. The molecule has 0 unspecified atom stereocenters. The number of carbonyl (C=O) groups is 2. The van der Waals surface area contributed by atoms with Crippen molar-refractivity contribution in [3.63, 3.8) is 0 Å². The molecule has 0 heterocycles. The molecule has 12 heteroatoms. The zero-order chi connectivity index (χ0) is 31.1. The van der Waals surface area contributed by atoms with Crippen LogP contribution in [0.25, 0.3) is 0 Å². The maximum absolute atomic E-state index is 14.1.